The average molecular weight is 283 g/mol. The Morgan fingerprint density at radius 1 is 1.47 bits per heavy atom. The summed E-state index contributed by atoms with van der Waals surface area (Å²) in [7, 11) is 0. The van der Waals surface area contributed by atoms with E-state index in [2.05, 4.69) is 15.0 Å². The van der Waals surface area contributed by atoms with E-state index in [0.29, 0.717) is 5.65 Å². The zero-order valence-electron chi connectivity index (χ0n) is 10.0. The van der Waals surface area contributed by atoms with Gasteiger partial charge in [-0.15, -0.1) is 11.8 Å². The highest BCUT2D eigenvalue weighted by Gasteiger charge is 2.41. The van der Waals surface area contributed by atoms with Crippen LogP contribution >= 0.6 is 11.8 Å². The number of thioether (sulfide) groups is 1. The van der Waals surface area contributed by atoms with Crippen molar-refractivity contribution in [2.75, 3.05) is 5.73 Å². The van der Waals surface area contributed by atoms with Crippen molar-refractivity contribution in [3.8, 4) is 0 Å². The van der Waals surface area contributed by atoms with Gasteiger partial charge in [-0.2, -0.15) is 4.98 Å². The minimum atomic E-state index is -0.945. The van der Waals surface area contributed by atoms with Gasteiger partial charge in [-0.3, -0.25) is 14.3 Å². The number of nitrogens with zero attached hydrogens (tertiary/aromatic N) is 3. The first-order valence-corrected chi connectivity index (χ1v) is 6.67. The molecule has 1 aliphatic rings. The van der Waals surface area contributed by atoms with Gasteiger partial charge in [0.1, 0.15) is 11.5 Å². The second-order valence-corrected chi connectivity index (χ2v) is 5.99. The van der Waals surface area contributed by atoms with Gasteiger partial charge < -0.3 is 15.9 Å². The Labute approximate surface area is 111 Å². The largest absolute Gasteiger partial charge is 0.389 e. The molecule has 0 unspecified atom stereocenters. The van der Waals surface area contributed by atoms with Gasteiger partial charge in [0, 0.05) is 5.25 Å². The van der Waals surface area contributed by atoms with E-state index in [-0.39, 0.29) is 16.7 Å². The van der Waals surface area contributed by atoms with Crippen LogP contribution in [0.25, 0.3) is 11.2 Å². The molecule has 4 atom stereocenters. The highest BCUT2D eigenvalue weighted by atomic mass is 32.2. The van der Waals surface area contributed by atoms with Crippen molar-refractivity contribution in [2.45, 2.75) is 29.8 Å². The SMILES string of the molecule is C[C@H]1S[C@@H](n2cnc3c(=O)[nH]c(N)nc32)[C@H](O)[C@@H]1O. The average Bonchev–Trinajstić information content (AvgIpc) is 2.86. The molecule has 0 spiro atoms. The summed E-state index contributed by atoms with van der Waals surface area (Å²) in [6, 6.07) is 0. The number of aromatic nitrogens is 4. The van der Waals surface area contributed by atoms with Crippen molar-refractivity contribution in [1.82, 2.24) is 19.5 Å². The summed E-state index contributed by atoms with van der Waals surface area (Å²) in [4.78, 5) is 22.1. The quantitative estimate of drug-likeness (QED) is 0.531. The van der Waals surface area contributed by atoms with Crippen LogP contribution in [-0.4, -0.2) is 47.2 Å². The topological polar surface area (TPSA) is 130 Å². The zero-order chi connectivity index (χ0) is 13.7. The van der Waals surface area contributed by atoms with E-state index in [9.17, 15) is 15.0 Å². The molecule has 2 aromatic heterocycles. The fraction of sp³-hybridized carbons (Fsp3) is 0.500. The number of nitrogens with one attached hydrogen (secondary N) is 1. The fourth-order valence-electron chi connectivity index (χ4n) is 2.19. The van der Waals surface area contributed by atoms with Crippen LogP contribution in [-0.2, 0) is 0 Å². The number of imidazole rings is 1. The number of anilines is 1. The number of H-pyrrole nitrogens is 1. The Kier molecular flexibility index (Phi) is 2.77. The Bertz CT molecular complexity index is 683. The number of aromatic amines is 1. The molecule has 1 aliphatic heterocycles. The first kappa shape index (κ1) is 12.5. The summed E-state index contributed by atoms with van der Waals surface area (Å²) < 4.78 is 1.57. The fourth-order valence-corrected chi connectivity index (χ4v) is 3.56. The zero-order valence-corrected chi connectivity index (χ0v) is 10.8. The van der Waals surface area contributed by atoms with E-state index in [1.165, 1.54) is 18.1 Å². The molecule has 1 saturated heterocycles. The summed E-state index contributed by atoms with van der Waals surface area (Å²) in [5.41, 5.74) is 5.56. The van der Waals surface area contributed by atoms with Crippen LogP contribution < -0.4 is 11.3 Å². The molecule has 1 fully saturated rings. The van der Waals surface area contributed by atoms with Gasteiger partial charge in [0.25, 0.3) is 5.56 Å². The first-order chi connectivity index (χ1) is 8.99. The number of nitrogen functional groups attached to an aromatic ring is 1. The second kappa shape index (κ2) is 4.22. The van der Waals surface area contributed by atoms with Crippen molar-refractivity contribution in [3.63, 3.8) is 0 Å². The summed E-state index contributed by atoms with van der Waals surface area (Å²) in [6.45, 7) is 1.83. The summed E-state index contributed by atoms with van der Waals surface area (Å²) >= 11 is 1.40. The third kappa shape index (κ3) is 1.81. The van der Waals surface area contributed by atoms with Gasteiger partial charge in [0.2, 0.25) is 5.95 Å². The number of hydrogen-bond donors (Lipinski definition) is 4. The molecule has 8 nitrogen and oxygen atoms in total. The molecule has 0 radical (unpaired) electrons. The third-order valence-corrected chi connectivity index (χ3v) is 4.69. The van der Waals surface area contributed by atoms with Crippen molar-refractivity contribution in [3.05, 3.63) is 16.7 Å². The van der Waals surface area contributed by atoms with Crippen LogP contribution in [0.1, 0.15) is 12.3 Å². The molecule has 0 saturated carbocycles. The van der Waals surface area contributed by atoms with E-state index in [1.54, 1.807) is 4.57 Å². The molecule has 0 amide bonds. The van der Waals surface area contributed by atoms with Crippen LogP contribution in [0, 0.1) is 0 Å². The highest BCUT2D eigenvalue weighted by molar-refractivity contribution is 8.00. The van der Waals surface area contributed by atoms with Crippen molar-refractivity contribution in [1.29, 1.82) is 0 Å². The molecule has 102 valence electrons. The van der Waals surface area contributed by atoms with Crippen LogP contribution in [0.4, 0.5) is 5.95 Å². The van der Waals surface area contributed by atoms with Gasteiger partial charge in [0.15, 0.2) is 11.2 Å². The van der Waals surface area contributed by atoms with E-state index in [4.69, 9.17) is 5.73 Å². The Hall–Kier alpha value is -1.58. The minimum absolute atomic E-state index is 0.00895. The van der Waals surface area contributed by atoms with E-state index < -0.39 is 23.1 Å². The summed E-state index contributed by atoms with van der Waals surface area (Å²) in [5.74, 6) is -0.00895. The molecule has 0 aliphatic carbocycles. The Morgan fingerprint density at radius 3 is 2.84 bits per heavy atom. The Morgan fingerprint density at radius 2 is 2.21 bits per heavy atom. The first-order valence-electron chi connectivity index (χ1n) is 5.73. The molecule has 0 bridgehead atoms. The minimum Gasteiger partial charge on any atom is -0.389 e. The number of aliphatic hydroxyl groups is 2. The molecule has 3 heterocycles. The monoisotopic (exact) mass is 283 g/mol. The lowest BCUT2D eigenvalue weighted by molar-refractivity contribution is 0.0206. The lowest BCUT2D eigenvalue weighted by Gasteiger charge is -2.16. The van der Waals surface area contributed by atoms with Crippen molar-refractivity contribution < 1.29 is 10.2 Å². The van der Waals surface area contributed by atoms with Crippen molar-refractivity contribution in [2.24, 2.45) is 0 Å². The van der Waals surface area contributed by atoms with Gasteiger partial charge in [-0.05, 0) is 0 Å². The van der Waals surface area contributed by atoms with Gasteiger partial charge in [-0.1, -0.05) is 6.92 Å². The van der Waals surface area contributed by atoms with E-state index in [0.717, 1.165) is 0 Å². The molecule has 0 aromatic carbocycles. The lowest BCUT2D eigenvalue weighted by Crippen LogP contribution is -2.30. The number of fused-ring (bicyclic) bond motifs is 1. The smallest absolute Gasteiger partial charge is 0.280 e. The number of nitrogens with two attached hydrogens (primary N) is 1. The van der Waals surface area contributed by atoms with Gasteiger partial charge >= 0.3 is 0 Å². The maximum absolute atomic E-state index is 11.7. The predicted molar refractivity (Wildman–Crippen MR) is 70.7 cm³/mol. The molecule has 9 heteroatoms. The molecule has 3 rings (SSSR count). The molecule has 19 heavy (non-hydrogen) atoms. The number of rotatable bonds is 1. The second-order valence-electron chi connectivity index (χ2n) is 4.49. The van der Waals surface area contributed by atoms with Crippen molar-refractivity contribution >= 4 is 28.9 Å². The molecular formula is C10H13N5O3S. The molecule has 2 aromatic rings. The third-order valence-electron chi connectivity index (χ3n) is 3.20. The van der Waals surface area contributed by atoms with E-state index >= 15 is 0 Å². The van der Waals surface area contributed by atoms with Gasteiger partial charge in [0.05, 0.1) is 12.4 Å². The maximum Gasteiger partial charge on any atom is 0.280 e. The maximum atomic E-state index is 11.7. The normalized spacial score (nSPS) is 31.1. The van der Waals surface area contributed by atoms with E-state index in [1.807, 2.05) is 6.92 Å². The summed E-state index contributed by atoms with van der Waals surface area (Å²) in [6.07, 6.45) is -0.343. The standard InChI is InChI=1S/C10H13N5O3S/c1-3-5(16)6(17)9(19-3)15-2-12-4-7(15)13-10(11)14-8(4)18/h2-3,5-6,9,16-17H,1H3,(H3,11,13,14,18)/t3-,5-,6-,9-/m1/s1. The van der Waals surface area contributed by atoms with Crippen LogP contribution in [0.3, 0.4) is 0 Å². The lowest BCUT2D eigenvalue weighted by atomic mass is 10.1. The number of aliphatic hydroxyl groups excluding tert-OH is 2. The van der Waals surface area contributed by atoms with Gasteiger partial charge in [-0.25, -0.2) is 4.98 Å². The highest BCUT2D eigenvalue weighted by Crippen LogP contribution is 2.42. The molecular weight excluding hydrogens is 270 g/mol. The van der Waals surface area contributed by atoms with Crippen LogP contribution in [0.15, 0.2) is 11.1 Å². The van der Waals surface area contributed by atoms with Crippen LogP contribution in [0.5, 0.6) is 0 Å². The summed E-state index contributed by atoms with van der Waals surface area (Å²) in [5, 5.41) is 19.3. The Balaban J connectivity index is 2.14. The molecule has 5 N–H and O–H groups in total. The number of hydrogen-bond acceptors (Lipinski definition) is 7. The van der Waals surface area contributed by atoms with Crippen LogP contribution in [0.2, 0.25) is 0 Å². The predicted octanol–water partition coefficient (Wildman–Crippen LogP) is -0.943.